The molecular formula is C3H4O. The first-order valence-corrected chi connectivity index (χ1v) is 0.704. The average molecular weight is 60.1 g/mol. The van der Waals surface area contributed by atoms with E-state index in [1.165, 1.54) is 0 Å². The molecule has 0 N–H and O–H groups in total. The fourth-order valence-corrected chi connectivity index (χ4v) is 0. The van der Waals surface area contributed by atoms with E-state index in [9.17, 15) is 4.79 Å². The molecule has 0 spiro atoms. The molecule has 0 amide bonds. The van der Waals surface area contributed by atoms with Gasteiger partial charge in [-0.25, -0.2) is 0 Å². The Kier molecular flexibility index (Phi) is 0.290. The van der Waals surface area contributed by atoms with Crippen LogP contribution in [0.5, 0.6) is 0 Å². The predicted molar refractivity (Wildman–Crippen MR) is 16.3 cm³/mol. The lowest BCUT2D eigenvalue weighted by Crippen LogP contribution is -1.44. The van der Waals surface area contributed by atoms with Crippen molar-refractivity contribution in [1.29, 1.82) is 0 Å². The Morgan fingerprint density at radius 1 is 2.50 bits per heavy atom. The normalized spacial score (nSPS) is 18.0. The molecule has 0 aliphatic carbocycles. The molecule has 0 aliphatic heterocycles. The highest BCUT2D eigenvalue weighted by Gasteiger charge is 1.38. The Labute approximate surface area is 30.6 Å². The van der Waals surface area contributed by atoms with Gasteiger partial charge in [-0.05, 0) is 6.05 Å². The van der Waals surface area contributed by atoms with E-state index in [4.69, 9.17) is 5.48 Å². The van der Waals surface area contributed by atoms with Crippen LogP contribution in [0.25, 0.3) is 0 Å². The van der Waals surface area contributed by atoms with E-state index in [1.807, 2.05) is 0 Å². The maximum atomic E-state index is 9.77. The lowest BCUT2D eigenvalue weighted by molar-refractivity contribution is -0.104. The zero-order chi connectivity index (χ0) is 6.73. The summed E-state index contributed by atoms with van der Waals surface area (Å²) in [6.45, 7) is -0.912. The van der Waals surface area contributed by atoms with E-state index in [1.54, 1.807) is 0 Å². The molecule has 1 heteroatoms. The van der Waals surface area contributed by atoms with Crippen molar-refractivity contribution in [2.75, 3.05) is 0 Å². The molecule has 0 unspecified atom stereocenters. The number of carbonyl (C=O) groups is 1. The molecular weight excluding hydrogens is 52.0 g/mol. The van der Waals surface area contributed by atoms with E-state index in [2.05, 4.69) is 0 Å². The molecule has 0 aliphatic rings. The van der Waals surface area contributed by atoms with Crippen molar-refractivity contribution >= 4 is 6.26 Å². The van der Waals surface area contributed by atoms with Crippen molar-refractivity contribution in [2.24, 2.45) is 0 Å². The van der Waals surface area contributed by atoms with Crippen LogP contribution >= 0.6 is 0 Å². The molecule has 0 bridgehead atoms. The van der Waals surface area contributed by atoms with Gasteiger partial charge in [-0.15, -0.1) is 0 Å². The summed E-state index contributed by atoms with van der Waals surface area (Å²) in [5, 5.41) is 0. The SMILES string of the molecule is [2H]C(=O)C([2H])=C([2H])[2H]. The van der Waals surface area contributed by atoms with Crippen LogP contribution in [0.3, 0.4) is 0 Å². The second-order valence-electron chi connectivity index (χ2n) is 0.227. The largest absolute Gasteiger partial charge is 0.299 e. The summed E-state index contributed by atoms with van der Waals surface area (Å²) in [7, 11) is 0. The standard InChI is InChI=1S/C3H4O/c1-2-3-4/h2-3H,1H2/i1D2,2D,3D. The van der Waals surface area contributed by atoms with Gasteiger partial charge in [0.25, 0.3) is 0 Å². The van der Waals surface area contributed by atoms with Crippen LogP contribution in [-0.4, -0.2) is 6.26 Å². The van der Waals surface area contributed by atoms with E-state index in [0.717, 1.165) is 0 Å². The third kappa shape index (κ3) is 1.41. The highest BCUT2D eigenvalue weighted by atomic mass is 16.1. The van der Waals surface area contributed by atoms with Crippen molar-refractivity contribution in [3.8, 4) is 0 Å². The third-order valence-electron chi connectivity index (χ3n) is 0.0510. The van der Waals surface area contributed by atoms with Crippen LogP contribution in [-0.2, 0) is 4.79 Å². The van der Waals surface area contributed by atoms with Gasteiger partial charge in [-0.3, -0.25) is 4.79 Å². The van der Waals surface area contributed by atoms with E-state index >= 15 is 0 Å². The van der Waals surface area contributed by atoms with Crippen LogP contribution in [0, 0.1) is 0 Å². The van der Waals surface area contributed by atoms with Gasteiger partial charge in [0.15, 0.2) is 0 Å². The van der Waals surface area contributed by atoms with Gasteiger partial charge in [0.1, 0.15) is 7.63 Å². The van der Waals surface area contributed by atoms with Crippen molar-refractivity contribution in [3.05, 3.63) is 12.6 Å². The smallest absolute Gasteiger partial charge is 0.142 e. The highest BCUT2D eigenvalue weighted by Crippen LogP contribution is 1.35. The van der Waals surface area contributed by atoms with Gasteiger partial charge in [-0.1, -0.05) is 6.53 Å². The minimum absolute atomic E-state index is 0.870. The van der Waals surface area contributed by atoms with Crippen molar-refractivity contribution in [2.45, 2.75) is 0 Å². The number of rotatable bonds is 1. The molecule has 0 fully saturated rings. The lowest BCUT2D eigenvalue weighted by Gasteiger charge is -1.37. The Bertz CT molecular complexity index is 134. The first-order chi connectivity index (χ1) is 3.55. The zero-order valence-electron chi connectivity index (χ0n) is 5.91. The Morgan fingerprint density at radius 3 is 3.25 bits per heavy atom. The van der Waals surface area contributed by atoms with Gasteiger partial charge in [0, 0.05) is 0 Å². The van der Waals surface area contributed by atoms with E-state index in [0.29, 0.717) is 0 Å². The summed E-state index contributed by atoms with van der Waals surface area (Å²) in [6.07, 6.45) is -1.29. The first kappa shape index (κ1) is 0.482. The molecule has 0 rings (SSSR count). The third-order valence-corrected chi connectivity index (χ3v) is 0.0510. The Hall–Kier alpha value is -0.590. The minimum Gasteiger partial charge on any atom is -0.299 e. The molecule has 1 nitrogen and oxygen atoms in total. The molecule has 0 saturated heterocycles. The summed E-state index contributed by atoms with van der Waals surface area (Å²) in [5.74, 6) is 0. The zero-order valence-corrected chi connectivity index (χ0v) is 1.91. The fraction of sp³-hybridized carbons (Fsp3) is 0. The quantitative estimate of drug-likeness (QED) is 0.315. The minimum atomic E-state index is -1.29. The Morgan fingerprint density at radius 2 is 3.25 bits per heavy atom. The Balaban J connectivity index is 4.23. The van der Waals surface area contributed by atoms with Gasteiger partial charge in [0.2, 0.25) is 0 Å². The lowest BCUT2D eigenvalue weighted by atomic mass is 10.8. The van der Waals surface area contributed by atoms with Crippen LogP contribution in [0.15, 0.2) is 12.6 Å². The van der Waals surface area contributed by atoms with Crippen molar-refractivity contribution in [1.82, 2.24) is 0 Å². The molecule has 0 aromatic rings. The number of aldehydes is 1. The van der Waals surface area contributed by atoms with Crippen LogP contribution in [0.4, 0.5) is 0 Å². The van der Waals surface area contributed by atoms with E-state index in [-0.39, 0.29) is 0 Å². The summed E-state index contributed by atoms with van der Waals surface area (Å²) >= 11 is 0. The molecule has 22 valence electrons. The number of carbonyl (C=O) groups excluding carboxylic acids is 1. The van der Waals surface area contributed by atoms with Crippen LogP contribution < -0.4 is 0 Å². The van der Waals surface area contributed by atoms with Crippen LogP contribution in [0.2, 0.25) is 0 Å². The van der Waals surface area contributed by atoms with Gasteiger partial charge >= 0.3 is 0 Å². The summed E-state index contributed by atoms with van der Waals surface area (Å²) in [6, 6.07) is -0.870. The molecule has 0 atom stereocenters. The molecule has 0 aromatic carbocycles. The molecule has 0 heterocycles. The first-order valence-electron chi connectivity index (χ1n) is 2.70. The number of allylic oxidation sites excluding steroid dienone is 1. The fourth-order valence-electron chi connectivity index (χ4n) is 0. The van der Waals surface area contributed by atoms with Gasteiger partial charge < -0.3 is 0 Å². The molecule has 4 heavy (non-hydrogen) atoms. The molecule has 0 saturated carbocycles. The second-order valence-corrected chi connectivity index (χ2v) is 0.227. The topological polar surface area (TPSA) is 17.1 Å². The molecule has 0 aromatic heterocycles. The number of hydrogen-bond acceptors (Lipinski definition) is 1. The maximum Gasteiger partial charge on any atom is 0.142 e. The van der Waals surface area contributed by atoms with Crippen LogP contribution in [0.1, 0.15) is 5.48 Å². The maximum absolute atomic E-state index is 9.77. The van der Waals surface area contributed by atoms with Crippen molar-refractivity contribution < 1.29 is 10.3 Å². The second kappa shape index (κ2) is 2.41. The highest BCUT2D eigenvalue weighted by molar-refractivity contribution is 5.63. The van der Waals surface area contributed by atoms with Gasteiger partial charge in [0.05, 0.1) is 4.11 Å². The predicted octanol–water partition coefficient (Wildman–Crippen LogP) is 0.371. The average Bonchev–Trinajstić information content (AvgIpc) is 1.64. The molecule has 0 radical (unpaired) electrons. The van der Waals surface area contributed by atoms with E-state index < -0.39 is 18.8 Å². The summed E-state index contributed by atoms with van der Waals surface area (Å²) in [5.41, 5.74) is 0. The summed E-state index contributed by atoms with van der Waals surface area (Å²) < 4.78 is 25.3. The van der Waals surface area contributed by atoms with Gasteiger partial charge in [-0.2, -0.15) is 0 Å². The monoisotopic (exact) mass is 60.1 g/mol. The summed E-state index contributed by atoms with van der Waals surface area (Å²) in [4.78, 5) is 9.77. The number of hydrogen-bond donors (Lipinski definition) is 0. The van der Waals surface area contributed by atoms with Crippen molar-refractivity contribution in [3.63, 3.8) is 0 Å².